The SMILES string of the molecule is CCN(CC)c1ccc(N=Nc2nc(C)nc(C)n2)c(NC(=O)c2ccccc2C(F)(F)F)c1. The number of nitrogens with one attached hydrogen (secondary N) is 1. The molecule has 0 radical (unpaired) electrons. The van der Waals surface area contributed by atoms with E-state index in [1.165, 1.54) is 12.1 Å². The molecule has 0 aliphatic heterocycles. The van der Waals surface area contributed by atoms with Gasteiger partial charge < -0.3 is 10.2 Å². The Hall–Kier alpha value is -3.89. The highest BCUT2D eigenvalue weighted by molar-refractivity contribution is 6.07. The number of aryl methyl sites for hydroxylation is 2. The van der Waals surface area contributed by atoms with Crippen molar-refractivity contribution in [2.75, 3.05) is 23.3 Å². The van der Waals surface area contributed by atoms with Crippen LogP contribution >= 0.6 is 0 Å². The van der Waals surface area contributed by atoms with Gasteiger partial charge in [0, 0.05) is 18.8 Å². The summed E-state index contributed by atoms with van der Waals surface area (Å²) in [4.78, 5) is 27.2. The number of alkyl halides is 3. The first-order valence-corrected chi connectivity index (χ1v) is 10.6. The molecule has 0 fully saturated rings. The molecule has 1 heterocycles. The molecule has 0 saturated heterocycles. The summed E-state index contributed by atoms with van der Waals surface area (Å²) in [5.74, 6) is 0.108. The van der Waals surface area contributed by atoms with E-state index in [-0.39, 0.29) is 17.3 Å². The second kappa shape index (κ2) is 10.4. The minimum atomic E-state index is -4.67. The van der Waals surface area contributed by atoms with Gasteiger partial charge in [0.1, 0.15) is 17.3 Å². The summed E-state index contributed by atoms with van der Waals surface area (Å²) in [5, 5.41) is 10.7. The van der Waals surface area contributed by atoms with Crippen molar-refractivity contribution in [1.29, 1.82) is 0 Å². The van der Waals surface area contributed by atoms with Crippen LogP contribution in [-0.2, 0) is 6.18 Å². The quantitative estimate of drug-likeness (QED) is 0.425. The zero-order valence-electron chi connectivity index (χ0n) is 19.2. The number of hydrogen-bond donors (Lipinski definition) is 1. The number of aromatic nitrogens is 3. The second-order valence-electron chi connectivity index (χ2n) is 7.30. The van der Waals surface area contributed by atoms with E-state index in [0.29, 0.717) is 24.7 Å². The molecule has 0 bridgehead atoms. The highest BCUT2D eigenvalue weighted by Gasteiger charge is 2.35. The number of rotatable bonds is 7. The molecular weight excluding hydrogens is 447 g/mol. The van der Waals surface area contributed by atoms with Crippen LogP contribution in [-0.4, -0.2) is 33.9 Å². The van der Waals surface area contributed by atoms with E-state index in [4.69, 9.17) is 0 Å². The van der Waals surface area contributed by atoms with Gasteiger partial charge in [0.25, 0.3) is 11.9 Å². The lowest BCUT2D eigenvalue weighted by Crippen LogP contribution is -2.22. The molecule has 3 aromatic rings. The van der Waals surface area contributed by atoms with Crippen LogP contribution in [0.3, 0.4) is 0 Å². The average molecular weight is 471 g/mol. The summed E-state index contributed by atoms with van der Waals surface area (Å²) >= 11 is 0. The summed E-state index contributed by atoms with van der Waals surface area (Å²) in [5.41, 5.74) is -0.293. The third kappa shape index (κ3) is 5.91. The Bertz CT molecular complexity index is 1190. The molecule has 8 nitrogen and oxygen atoms in total. The van der Waals surface area contributed by atoms with Crippen molar-refractivity contribution in [3.8, 4) is 0 Å². The molecule has 0 spiro atoms. The minimum Gasteiger partial charge on any atom is -0.372 e. The molecule has 1 amide bonds. The van der Waals surface area contributed by atoms with Crippen LogP contribution in [0.5, 0.6) is 0 Å². The fourth-order valence-corrected chi connectivity index (χ4v) is 3.36. The van der Waals surface area contributed by atoms with Crippen molar-refractivity contribution in [1.82, 2.24) is 15.0 Å². The molecule has 0 aliphatic rings. The van der Waals surface area contributed by atoms with Gasteiger partial charge in [-0.2, -0.15) is 23.1 Å². The first-order chi connectivity index (χ1) is 16.1. The molecule has 34 heavy (non-hydrogen) atoms. The Morgan fingerprint density at radius 3 is 2.24 bits per heavy atom. The molecule has 3 rings (SSSR count). The number of azo groups is 1. The van der Waals surface area contributed by atoms with Crippen LogP contribution < -0.4 is 10.2 Å². The summed E-state index contributed by atoms with van der Waals surface area (Å²) in [6.07, 6.45) is -4.67. The van der Waals surface area contributed by atoms with Gasteiger partial charge in [0.2, 0.25) is 0 Å². The Balaban J connectivity index is 2.02. The second-order valence-corrected chi connectivity index (χ2v) is 7.30. The number of halogens is 3. The molecule has 1 aromatic heterocycles. The summed E-state index contributed by atoms with van der Waals surface area (Å²) < 4.78 is 40.3. The topological polar surface area (TPSA) is 95.7 Å². The Morgan fingerprint density at radius 1 is 0.971 bits per heavy atom. The number of amides is 1. The Morgan fingerprint density at radius 2 is 1.62 bits per heavy atom. The highest BCUT2D eigenvalue weighted by Crippen LogP contribution is 2.34. The molecule has 11 heteroatoms. The molecular formula is C23H24F3N7O. The number of hydrogen-bond acceptors (Lipinski definition) is 7. The molecule has 1 N–H and O–H groups in total. The molecule has 178 valence electrons. The molecule has 0 aliphatic carbocycles. The fraction of sp³-hybridized carbons (Fsp3) is 0.304. The maximum atomic E-state index is 13.4. The van der Waals surface area contributed by atoms with Crippen LogP contribution in [0, 0.1) is 13.8 Å². The smallest absolute Gasteiger partial charge is 0.372 e. The zero-order chi connectivity index (χ0) is 24.9. The maximum Gasteiger partial charge on any atom is 0.417 e. The monoisotopic (exact) mass is 471 g/mol. The minimum absolute atomic E-state index is 0.0810. The van der Waals surface area contributed by atoms with Crippen LogP contribution in [0.25, 0.3) is 0 Å². The van der Waals surface area contributed by atoms with Crippen LogP contribution in [0.4, 0.5) is 36.2 Å². The normalized spacial score (nSPS) is 11.6. The fourth-order valence-electron chi connectivity index (χ4n) is 3.36. The van der Waals surface area contributed by atoms with Gasteiger partial charge in [-0.3, -0.25) is 4.79 Å². The predicted molar refractivity (Wildman–Crippen MR) is 123 cm³/mol. The first-order valence-electron chi connectivity index (χ1n) is 10.6. The van der Waals surface area contributed by atoms with Crippen molar-refractivity contribution < 1.29 is 18.0 Å². The van der Waals surface area contributed by atoms with Crippen molar-refractivity contribution in [3.63, 3.8) is 0 Å². The molecule has 0 unspecified atom stereocenters. The summed E-state index contributed by atoms with van der Waals surface area (Å²) in [6.45, 7) is 8.73. The van der Waals surface area contributed by atoms with Crippen molar-refractivity contribution in [2.45, 2.75) is 33.9 Å². The van der Waals surface area contributed by atoms with E-state index in [1.54, 1.807) is 32.0 Å². The van der Waals surface area contributed by atoms with Gasteiger partial charge in [0.15, 0.2) is 0 Å². The largest absolute Gasteiger partial charge is 0.417 e. The van der Waals surface area contributed by atoms with Crippen LogP contribution in [0.2, 0.25) is 0 Å². The number of anilines is 2. The van der Waals surface area contributed by atoms with Gasteiger partial charge in [-0.15, -0.1) is 10.2 Å². The van der Waals surface area contributed by atoms with E-state index < -0.39 is 23.2 Å². The third-order valence-corrected chi connectivity index (χ3v) is 4.93. The van der Waals surface area contributed by atoms with Gasteiger partial charge in [-0.25, -0.2) is 4.98 Å². The van der Waals surface area contributed by atoms with Crippen molar-refractivity contribution in [3.05, 3.63) is 65.2 Å². The van der Waals surface area contributed by atoms with Gasteiger partial charge in [-0.1, -0.05) is 12.1 Å². The van der Waals surface area contributed by atoms with E-state index in [1.807, 2.05) is 18.7 Å². The molecule has 0 atom stereocenters. The van der Waals surface area contributed by atoms with Crippen molar-refractivity contribution in [2.24, 2.45) is 10.2 Å². The third-order valence-electron chi connectivity index (χ3n) is 4.93. The Labute approximate surface area is 195 Å². The van der Waals surface area contributed by atoms with Gasteiger partial charge in [0.05, 0.1) is 16.8 Å². The van der Waals surface area contributed by atoms with Crippen LogP contribution in [0.15, 0.2) is 52.7 Å². The molecule has 0 saturated carbocycles. The zero-order valence-corrected chi connectivity index (χ0v) is 19.2. The maximum absolute atomic E-state index is 13.4. The van der Waals surface area contributed by atoms with Gasteiger partial charge >= 0.3 is 6.18 Å². The molecule has 2 aromatic carbocycles. The summed E-state index contributed by atoms with van der Waals surface area (Å²) in [6, 6.07) is 9.69. The lowest BCUT2D eigenvalue weighted by Gasteiger charge is -2.22. The average Bonchev–Trinajstić information content (AvgIpc) is 2.78. The van der Waals surface area contributed by atoms with Gasteiger partial charge in [-0.05, 0) is 58.0 Å². The lowest BCUT2D eigenvalue weighted by atomic mass is 10.1. The highest BCUT2D eigenvalue weighted by atomic mass is 19.4. The number of nitrogens with zero attached hydrogens (tertiary/aromatic N) is 6. The standard InChI is InChI=1S/C23H24F3N7O/c1-5-33(6-2)16-11-12-19(31-32-22-28-14(3)27-15(4)29-22)20(13-16)30-21(34)17-9-7-8-10-18(17)23(24,25)26/h7-13H,5-6H2,1-4H3,(H,30,34). The Kier molecular flexibility index (Phi) is 7.54. The van der Waals surface area contributed by atoms with Crippen LogP contribution in [0.1, 0.15) is 41.4 Å². The van der Waals surface area contributed by atoms with Crippen molar-refractivity contribution >= 4 is 28.9 Å². The number of carbonyl (C=O) groups excluding carboxylic acids is 1. The first kappa shape index (κ1) is 24.7. The number of benzene rings is 2. The van der Waals surface area contributed by atoms with E-state index in [0.717, 1.165) is 17.8 Å². The summed E-state index contributed by atoms with van der Waals surface area (Å²) in [7, 11) is 0. The predicted octanol–water partition coefficient (Wildman–Crippen LogP) is 6.02. The van der Waals surface area contributed by atoms with E-state index in [9.17, 15) is 18.0 Å². The van der Waals surface area contributed by atoms with E-state index in [2.05, 4.69) is 30.5 Å². The number of carbonyl (C=O) groups is 1. The van der Waals surface area contributed by atoms with E-state index >= 15 is 0 Å². The lowest BCUT2D eigenvalue weighted by molar-refractivity contribution is -0.137.